The fourth-order valence-electron chi connectivity index (χ4n) is 3.53. The van der Waals surface area contributed by atoms with Crippen LogP contribution in [0.3, 0.4) is 0 Å². The van der Waals surface area contributed by atoms with Crippen LogP contribution in [0.1, 0.15) is 41.6 Å². The molecule has 2 aromatic carbocycles. The van der Waals surface area contributed by atoms with Crippen molar-refractivity contribution in [3.8, 4) is 11.5 Å². The monoisotopic (exact) mass is 396 g/mol. The van der Waals surface area contributed by atoms with Gasteiger partial charge in [0.05, 0.1) is 25.5 Å². The van der Waals surface area contributed by atoms with E-state index in [-0.39, 0.29) is 11.8 Å². The number of carbonyl (C=O) groups is 2. The summed E-state index contributed by atoms with van der Waals surface area (Å²) in [5.74, 6) is 1.23. The van der Waals surface area contributed by atoms with Crippen LogP contribution in [0.2, 0.25) is 0 Å². The zero-order chi connectivity index (χ0) is 20.6. The molecule has 0 aromatic heterocycles. The fourth-order valence-corrected chi connectivity index (χ4v) is 3.53. The van der Waals surface area contributed by atoms with Gasteiger partial charge in [-0.05, 0) is 55.5 Å². The number of likely N-dealkylation sites (tertiary alicyclic amines) is 1. The molecule has 0 saturated carbocycles. The summed E-state index contributed by atoms with van der Waals surface area (Å²) in [6, 6.07) is 12.8. The Balaban J connectivity index is 1.65. The largest absolute Gasteiger partial charge is 0.497 e. The normalized spacial score (nSPS) is 13.7. The van der Waals surface area contributed by atoms with Gasteiger partial charge in [-0.2, -0.15) is 0 Å². The average molecular weight is 396 g/mol. The highest BCUT2D eigenvalue weighted by atomic mass is 16.5. The fraction of sp³-hybridized carbons (Fsp3) is 0.391. The quantitative estimate of drug-likeness (QED) is 0.771. The zero-order valence-corrected chi connectivity index (χ0v) is 17.1. The number of methoxy groups -OCH3 is 2. The third kappa shape index (κ3) is 5.50. The highest BCUT2D eigenvalue weighted by molar-refractivity contribution is 6.03. The number of ether oxygens (including phenoxy) is 2. The van der Waals surface area contributed by atoms with E-state index in [4.69, 9.17) is 9.47 Å². The van der Waals surface area contributed by atoms with Crippen LogP contribution in [0.25, 0.3) is 0 Å². The predicted octanol–water partition coefficient (Wildman–Crippen LogP) is 3.90. The minimum atomic E-state index is -0.134. The van der Waals surface area contributed by atoms with Gasteiger partial charge in [-0.1, -0.05) is 12.1 Å². The molecule has 6 heteroatoms. The molecule has 2 aromatic rings. The summed E-state index contributed by atoms with van der Waals surface area (Å²) in [4.78, 5) is 27.3. The molecule has 2 amide bonds. The zero-order valence-electron chi connectivity index (χ0n) is 17.1. The van der Waals surface area contributed by atoms with Crippen molar-refractivity contribution >= 4 is 17.5 Å². The summed E-state index contributed by atoms with van der Waals surface area (Å²) in [6.07, 6.45) is 4.07. The van der Waals surface area contributed by atoms with Gasteiger partial charge in [-0.3, -0.25) is 9.59 Å². The maximum atomic E-state index is 12.9. The van der Waals surface area contributed by atoms with Gasteiger partial charge in [0.25, 0.3) is 5.91 Å². The van der Waals surface area contributed by atoms with Gasteiger partial charge in [0, 0.05) is 25.6 Å². The van der Waals surface area contributed by atoms with Crippen LogP contribution in [0, 0.1) is 0 Å². The molecule has 1 fully saturated rings. The number of carbonyl (C=O) groups excluding carboxylic acids is 2. The van der Waals surface area contributed by atoms with Gasteiger partial charge in [0.2, 0.25) is 5.91 Å². The standard InChI is InChI=1S/C23H28N2O4/c1-28-18-14-17(15-19(16-18)29-2)10-11-22(26)24-21-9-5-4-8-20(21)23(27)25-12-6-3-7-13-25/h4-5,8-9,14-16H,3,6-7,10-13H2,1-2H3,(H,24,26). The van der Waals surface area contributed by atoms with Crippen molar-refractivity contribution in [3.63, 3.8) is 0 Å². The number of nitrogens with one attached hydrogen (secondary N) is 1. The Labute approximate surface area is 171 Å². The third-order valence-electron chi connectivity index (χ3n) is 5.13. The van der Waals surface area contributed by atoms with Crippen LogP contribution < -0.4 is 14.8 Å². The molecule has 0 aliphatic carbocycles. The van der Waals surface area contributed by atoms with Crippen molar-refractivity contribution in [2.24, 2.45) is 0 Å². The van der Waals surface area contributed by atoms with Gasteiger partial charge >= 0.3 is 0 Å². The number of anilines is 1. The molecule has 6 nitrogen and oxygen atoms in total. The van der Waals surface area contributed by atoms with Crippen LogP contribution in [0.5, 0.6) is 11.5 Å². The van der Waals surface area contributed by atoms with Crippen molar-refractivity contribution < 1.29 is 19.1 Å². The smallest absolute Gasteiger partial charge is 0.255 e. The molecule has 1 saturated heterocycles. The van der Waals surface area contributed by atoms with Crippen LogP contribution in [-0.2, 0) is 11.2 Å². The summed E-state index contributed by atoms with van der Waals surface area (Å²) < 4.78 is 10.6. The first-order chi connectivity index (χ1) is 14.1. The molecule has 0 unspecified atom stereocenters. The molecule has 0 atom stereocenters. The lowest BCUT2D eigenvalue weighted by atomic mass is 10.1. The number of rotatable bonds is 7. The molecule has 1 heterocycles. The van der Waals surface area contributed by atoms with E-state index in [1.165, 1.54) is 0 Å². The van der Waals surface area contributed by atoms with E-state index < -0.39 is 0 Å². The van der Waals surface area contributed by atoms with E-state index in [1.54, 1.807) is 32.4 Å². The van der Waals surface area contributed by atoms with E-state index in [2.05, 4.69) is 5.32 Å². The van der Waals surface area contributed by atoms with Gasteiger partial charge in [0.15, 0.2) is 0 Å². The predicted molar refractivity (Wildman–Crippen MR) is 113 cm³/mol. The second-order valence-corrected chi connectivity index (χ2v) is 7.17. The molecular formula is C23H28N2O4. The number of nitrogens with zero attached hydrogens (tertiary/aromatic N) is 1. The summed E-state index contributed by atoms with van der Waals surface area (Å²) in [7, 11) is 3.20. The molecule has 3 rings (SSSR count). The second kappa shape index (κ2) is 9.96. The Hall–Kier alpha value is -3.02. The van der Waals surface area contributed by atoms with E-state index in [0.717, 1.165) is 37.9 Å². The maximum Gasteiger partial charge on any atom is 0.255 e. The van der Waals surface area contributed by atoms with Gasteiger partial charge < -0.3 is 19.7 Å². The van der Waals surface area contributed by atoms with E-state index in [0.29, 0.717) is 35.6 Å². The average Bonchev–Trinajstić information content (AvgIpc) is 2.78. The van der Waals surface area contributed by atoms with Crippen LogP contribution in [0.4, 0.5) is 5.69 Å². The number of hydrogen-bond donors (Lipinski definition) is 1. The Morgan fingerprint density at radius 1 is 0.966 bits per heavy atom. The second-order valence-electron chi connectivity index (χ2n) is 7.17. The molecular weight excluding hydrogens is 368 g/mol. The van der Waals surface area contributed by atoms with Crippen molar-refractivity contribution in [2.45, 2.75) is 32.1 Å². The van der Waals surface area contributed by atoms with Gasteiger partial charge in [-0.25, -0.2) is 0 Å². The van der Waals surface area contributed by atoms with Crippen LogP contribution in [-0.4, -0.2) is 44.0 Å². The molecule has 1 aliphatic heterocycles. The Morgan fingerprint density at radius 3 is 2.28 bits per heavy atom. The highest BCUT2D eigenvalue weighted by Crippen LogP contribution is 2.24. The molecule has 154 valence electrons. The third-order valence-corrected chi connectivity index (χ3v) is 5.13. The summed E-state index contributed by atoms with van der Waals surface area (Å²) in [5.41, 5.74) is 2.07. The summed E-state index contributed by atoms with van der Waals surface area (Å²) in [6.45, 7) is 1.55. The first-order valence-corrected chi connectivity index (χ1v) is 10.0. The van der Waals surface area contributed by atoms with Crippen LogP contribution >= 0.6 is 0 Å². The summed E-state index contributed by atoms with van der Waals surface area (Å²) in [5, 5.41) is 2.91. The molecule has 0 bridgehead atoms. The summed E-state index contributed by atoms with van der Waals surface area (Å²) >= 11 is 0. The molecule has 0 radical (unpaired) electrons. The number of amides is 2. The SMILES string of the molecule is COc1cc(CCC(=O)Nc2ccccc2C(=O)N2CCCCC2)cc(OC)c1. The first-order valence-electron chi connectivity index (χ1n) is 10.0. The first kappa shape index (κ1) is 20.7. The highest BCUT2D eigenvalue weighted by Gasteiger charge is 2.21. The van der Waals surface area contributed by atoms with E-state index >= 15 is 0 Å². The minimum absolute atomic E-state index is 0.0156. The minimum Gasteiger partial charge on any atom is -0.497 e. The van der Waals surface area contributed by atoms with Crippen LogP contribution in [0.15, 0.2) is 42.5 Å². The number of aryl methyl sites for hydroxylation is 1. The lowest BCUT2D eigenvalue weighted by Crippen LogP contribution is -2.36. The van der Waals surface area contributed by atoms with E-state index in [1.807, 2.05) is 29.2 Å². The Morgan fingerprint density at radius 2 is 1.62 bits per heavy atom. The number of para-hydroxylation sites is 1. The van der Waals surface area contributed by atoms with Gasteiger partial charge in [-0.15, -0.1) is 0 Å². The Bertz CT molecular complexity index is 837. The van der Waals surface area contributed by atoms with E-state index in [9.17, 15) is 9.59 Å². The number of benzene rings is 2. The lowest BCUT2D eigenvalue weighted by Gasteiger charge is -2.27. The Kier molecular flexibility index (Phi) is 7.11. The number of hydrogen-bond acceptors (Lipinski definition) is 4. The van der Waals surface area contributed by atoms with Crippen molar-refractivity contribution in [2.75, 3.05) is 32.6 Å². The molecule has 29 heavy (non-hydrogen) atoms. The topological polar surface area (TPSA) is 67.9 Å². The maximum absolute atomic E-state index is 12.9. The van der Waals surface area contributed by atoms with Crippen molar-refractivity contribution in [3.05, 3.63) is 53.6 Å². The van der Waals surface area contributed by atoms with Gasteiger partial charge in [0.1, 0.15) is 11.5 Å². The number of piperidine rings is 1. The molecule has 1 N–H and O–H groups in total. The molecule has 0 spiro atoms. The molecule has 1 aliphatic rings. The van der Waals surface area contributed by atoms with Crippen molar-refractivity contribution in [1.29, 1.82) is 0 Å². The van der Waals surface area contributed by atoms with Crippen molar-refractivity contribution in [1.82, 2.24) is 4.90 Å². The lowest BCUT2D eigenvalue weighted by molar-refractivity contribution is -0.116.